The summed E-state index contributed by atoms with van der Waals surface area (Å²) in [5.41, 5.74) is -0.625. The van der Waals surface area contributed by atoms with Crippen LogP contribution in [-0.4, -0.2) is 24.7 Å². The van der Waals surface area contributed by atoms with E-state index in [2.05, 4.69) is 5.32 Å². The highest BCUT2D eigenvalue weighted by Crippen LogP contribution is 2.32. The van der Waals surface area contributed by atoms with Gasteiger partial charge in [-0.15, -0.1) is 11.3 Å². The summed E-state index contributed by atoms with van der Waals surface area (Å²) < 4.78 is 6.24. The van der Waals surface area contributed by atoms with Crippen molar-refractivity contribution in [3.05, 3.63) is 65.0 Å². The molecule has 0 aliphatic carbocycles. The second kappa shape index (κ2) is 6.63. The number of ether oxygens (including phenoxy) is 1. The number of carbonyl (C=O) groups is 1. The molecule has 0 radical (unpaired) electrons. The van der Waals surface area contributed by atoms with E-state index < -0.39 is 5.60 Å². The van der Waals surface area contributed by atoms with Crippen LogP contribution in [0.2, 0.25) is 0 Å². The number of carbonyl (C=O) groups excluding carboxylic acids is 1. The van der Waals surface area contributed by atoms with Crippen molar-refractivity contribution in [2.24, 2.45) is 0 Å². The summed E-state index contributed by atoms with van der Waals surface area (Å²) in [6.07, 6.45) is 0. The maximum absolute atomic E-state index is 12.3. The minimum absolute atomic E-state index is 0.135. The maximum atomic E-state index is 12.3. The van der Waals surface area contributed by atoms with Crippen molar-refractivity contribution in [1.82, 2.24) is 5.32 Å². The van der Waals surface area contributed by atoms with Gasteiger partial charge in [-0.3, -0.25) is 4.79 Å². The van der Waals surface area contributed by atoms with E-state index in [0.29, 0.717) is 11.3 Å². The van der Waals surface area contributed by atoms with E-state index in [4.69, 9.17) is 4.74 Å². The average Bonchev–Trinajstić information content (AvgIpc) is 3.05. The van der Waals surface area contributed by atoms with Gasteiger partial charge in [-0.25, -0.2) is 0 Å². The summed E-state index contributed by atoms with van der Waals surface area (Å²) in [6.45, 7) is 1.85. The Kier molecular flexibility index (Phi) is 4.55. The Bertz CT molecular complexity index is 837. The van der Waals surface area contributed by atoms with E-state index >= 15 is 0 Å². The van der Waals surface area contributed by atoms with Gasteiger partial charge in [-0.2, -0.15) is 0 Å². The molecule has 0 fully saturated rings. The lowest BCUT2D eigenvalue weighted by Crippen LogP contribution is -2.38. The van der Waals surface area contributed by atoms with Crippen LogP contribution in [0.25, 0.3) is 10.1 Å². The van der Waals surface area contributed by atoms with Crippen molar-refractivity contribution in [2.45, 2.75) is 12.5 Å². The van der Waals surface area contributed by atoms with Gasteiger partial charge in [0.1, 0.15) is 11.4 Å². The Labute approximate surface area is 144 Å². The molecule has 24 heavy (non-hydrogen) atoms. The number of benzene rings is 2. The van der Waals surface area contributed by atoms with Gasteiger partial charge in [-0.05, 0) is 42.6 Å². The van der Waals surface area contributed by atoms with Crippen LogP contribution in [0.4, 0.5) is 0 Å². The molecule has 0 saturated heterocycles. The van der Waals surface area contributed by atoms with Crippen LogP contribution in [0.15, 0.2) is 54.6 Å². The van der Waals surface area contributed by atoms with Gasteiger partial charge < -0.3 is 15.2 Å². The standard InChI is InChI=1S/C19H19NO3S/c1-19(22,17-11-13-6-3-4-9-16(13)24-17)12-20-18(21)14-7-5-8-15(10-14)23-2/h3-11,22H,12H2,1-2H3,(H,20,21). The van der Waals surface area contributed by atoms with Crippen LogP contribution in [-0.2, 0) is 5.60 Å². The largest absolute Gasteiger partial charge is 0.497 e. The van der Waals surface area contributed by atoms with Gasteiger partial charge in [0.2, 0.25) is 0 Å². The molecule has 4 nitrogen and oxygen atoms in total. The molecule has 3 aromatic rings. The number of rotatable bonds is 5. The first kappa shape index (κ1) is 16.5. The number of fused-ring (bicyclic) bond motifs is 1. The zero-order chi connectivity index (χ0) is 17.2. The fraction of sp³-hybridized carbons (Fsp3) is 0.211. The molecular weight excluding hydrogens is 322 g/mol. The summed E-state index contributed by atoms with van der Waals surface area (Å²) in [7, 11) is 1.56. The molecule has 2 N–H and O–H groups in total. The molecule has 0 saturated carbocycles. The average molecular weight is 341 g/mol. The molecule has 1 unspecified atom stereocenters. The number of aliphatic hydroxyl groups is 1. The Balaban J connectivity index is 1.73. The van der Waals surface area contributed by atoms with Crippen molar-refractivity contribution >= 4 is 27.3 Å². The second-order valence-corrected chi connectivity index (χ2v) is 6.92. The van der Waals surface area contributed by atoms with Crippen molar-refractivity contribution < 1.29 is 14.6 Å². The SMILES string of the molecule is COc1cccc(C(=O)NCC(C)(O)c2cc3ccccc3s2)c1. The Morgan fingerprint density at radius 2 is 2.00 bits per heavy atom. The molecule has 5 heteroatoms. The first-order valence-corrected chi connectivity index (χ1v) is 8.45. The summed E-state index contributed by atoms with van der Waals surface area (Å²) in [4.78, 5) is 13.1. The zero-order valence-corrected chi connectivity index (χ0v) is 14.4. The number of hydrogen-bond donors (Lipinski definition) is 2. The van der Waals surface area contributed by atoms with Gasteiger partial charge >= 0.3 is 0 Å². The molecular formula is C19H19NO3S. The fourth-order valence-electron chi connectivity index (χ4n) is 2.45. The van der Waals surface area contributed by atoms with Crippen LogP contribution in [0, 0.1) is 0 Å². The second-order valence-electron chi connectivity index (χ2n) is 5.84. The summed E-state index contributed by atoms with van der Waals surface area (Å²) in [6, 6.07) is 16.9. The van der Waals surface area contributed by atoms with Gasteiger partial charge in [0.05, 0.1) is 13.7 Å². The molecule has 0 aliphatic rings. The number of methoxy groups -OCH3 is 1. The van der Waals surface area contributed by atoms with Gasteiger partial charge in [-0.1, -0.05) is 24.3 Å². The topological polar surface area (TPSA) is 58.6 Å². The highest BCUT2D eigenvalue weighted by Gasteiger charge is 2.26. The molecule has 1 heterocycles. The van der Waals surface area contributed by atoms with Crippen molar-refractivity contribution in [3.63, 3.8) is 0 Å². The molecule has 0 spiro atoms. The number of hydrogen-bond acceptors (Lipinski definition) is 4. The van der Waals surface area contributed by atoms with Crippen LogP contribution in [0.5, 0.6) is 5.75 Å². The molecule has 2 aromatic carbocycles. The maximum Gasteiger partial charge on any atom is 0.251 e. The third-order valence-electron chi connectivity index (χ3n) is 3.88. The van der Waals surface area contributed by atoms with Crippen LogP contribution in [0.1, 0.15) is 22.2 Å². The third-order valence-corrected chi connectivity index (χ3v) is 5.25. The molecule has 3 rings (SSSR count). The third kappa shape index (κ3) is 3.42. The highest BCUT2D eigenvalue weighted by molar-refractivity contribution is 7.19. The monoisotopic (exact) mass is 341 g/mol. The van der Waals surface area contributed by atoms with E-state index in [-0.39, 0.29) is 12.5 Å². The summed E-state index contributed by atoms with van der Waals surface area (Å²) >= 11 is 1.54. The first-order chi connectivity index (χ1) is 11.5. The van der Waals surface area contributed by atoms with E-state index in [1.165, 1.54) is 11.3 Å². The van der Waals surface area contributed by atoms with Gasteiger partial charge in [0.25, 0.3) is 5.91 Å². The molecule has 0 aliphatic heterocycles. The molecule has 1 atom stereocenters. The zero-order valence-electron chi connectivity index (χ0n) is 13.6. The lowest BCUT2D eigenvalue weighted by atomic mass is 10.0. The molecule has 124 valence electrons. The number of nitrogens with one attached hydrogen (secondary N) is 1. The summed E-state index contributed by atoms with van der Waals surface area (Å²) in [5.74, 6) is 0.384. The smallest absolute Gasteiger partial charge is 0.251 e. The Hall–Kier alpha value is -2.37. The van der Waals surface area contributed by atoms with Crippen molar-refractivity contribution in [3.8, 4) is 5.75 Å². The van der Waals surface area contributed by atoms with E-state index in [1.54, 1.807) is 38.3 Å². The van der Waals surface area contributed by atoms with Crippen molar-refractivity contribution in [1.29, 1.82) is 0 Å². The molecule has 1 amide bonds. The minimum atomic E-state index is -1.13. The van der Waals surface area contributed by atoms with Gasteiger partial charge in [0.15, 0.2) is 0 Å². The van der Waals surface area contributed by atoms with Crippen LogP contribution >= 0.6 is 11.3 Å². The number of amides is 1. The Morgan fingerprint density at radius 1 is 1.21 bits per heavy atom. The minimum Gasteiger partial charge on any atom is -0.497 e. The van der Waals surface area contributed by atoms with Crippen LogP contribution < -0.4 is 10.1 Å². The predicted octanol–water partition coefficient (Wildman–Crippen LogP) is 3.55. The van der Waals surface area contributed by atoms with Crippen molar-refractivity contribution in [2.75, 3.05) is 13.7 Å². The number of thiophene rings is 1. The molecule has 1 aromatic heterocycles. The van der Waals surface area contributed by atoms with E-state index in [9.17, 15) is 9.90 Å². The van der Waals surface area contributed by atoms with E-state index in [1.807, 2.05) is 30.3 Å². The predicted molar refractivity (Wildman–Crippen MR) is 96.7 cm³/mol. The lowest BCUT2D eigenvalue weighted by Gasteiger charge is -2.22. The fourth-order valence-corrected chi connectivity index (χ4v) is 3.56. The van der Waals surface area contributed by atoms with E-state index in [0.717, 1.165) is 15.0 Å². The summed E-state index contributed by atoms with van der Waals surface area (Å²) in [5, 5.41) is 14.6. The highest BCUT2D eigenvalue weighted by atomic mass is 32.1. The molecule has 0 bridgehead atoms. The van der Waals surface area contributed by atoms with Gasteiger partial charge in [0, 0.05) is 15.1 Å². The Morgan fingerprint density at radius 3 is 2.75 bits per heavy atom. The normalized spacial score (nSPS) is 13.5. The quantitative estimate of drug-likeness (QED) is 0.746. The first-order valence-electron chi connectivity index (χ1n) is 7.63. The van der Waals surface area contributed by atoms with Crippen LogP contribution in [0.3, 0.4) is 0 Å². The lowest BCUT2D eigenvalue weighted by molar-refractivity contribution is 0.0557.